The van der Waals surface area contributed by atoms with Gasteiger partial charge in [-0.25, -0.2) is 0 Å². The van der Waals surface area contributed by atoms with Gasteiger partial charge in [0, 0.05) is 0 Å². The van der Waals surface area contributed by atoms with Crippen LogP contribution in [-0.4, -0.2) is 12.8 Å². The second-order valence-corrected chi connectivity index (χ2v) is 7.89. The summed E-state index contributed by atoms with van der Waals surface area (Å²) >= 11 is -0.272. The fraction of sp³-hybridized carbons (Fsp3) is 0.150. The summed E-state index contributed by atoms with van der Waals surface area (Å²) in [5.74, 6) is 0. The third-order valence-electron chi connectivity index (χ3n) is 3.62. The van der Waals surface area contributed by atoms with Gasteiger partial charge in [-0.05, 0) is 0 Å². The molecule has 0 radical (unpaired) electrons. The van der Waals surface area contributed by atoms with E-state index in [1.807, 2.05) is 6.21 Å². The van der Waals surface area contributed by atoms with E-state index in [0.717, 1.165) is 12.2 Å². The SMILES string of the molecule is Cc1ccc([I-]N=CCNc2ccc3cc(C)ccc3c2)cc1. The summed E-state index contributed by atoms with van der Waals surface area (Å²) in [7, 11) is 0. The number of anilines is 1. The molecule has 3 rings (SSSR count). The predicted molar refractivity (Wildman–Crippen MR) is 95.5 cm³/mol. The molecule has 23 heavy (non-hydrogen) atoms. The average molecular weight is 415 g/mol. The summed E-state index contributed by atoms with van der Waals surface area (Å²) in [6.07, 6.45) is 1.99. The summed E-state index contributed by atoms with van der Waals surface area (Å²) < 4.78 is 5.94. The van der Waals surface area contributed by atoms with Crippen molar-refractivity contribution in [3.8, 4) is 0 Å². The van der Waals surface area contributed by atoms with Crippen molar-refractivity contribution in [3.05, 3.63) is 75.4 Å². The Hall–Kier alpha value is -1.88. The van der Waals surface area contributed by atoms with Crippen molar-refractivity contribution in [2.45, 2.75) is 13.8 Å². The van der Waals surface area contributed by atoms with E-state index >= 15 is 0 Å². The minimum absolute atomic E-state index is 0.272. The first-order valence-corrected chi connectivity index (χ1v) is 9.72. The van der Waals surface area contributed by atoms with Crippen LogP contribution in [0.2, 0.25) is 0 Å². The number of fused-ring (bicyclic) bond motifs is 1. The number of benzene rings is 3. The molecule has 0 amide bonds. The van der Waals surface area contributed by atoms with E-state index in [1.54, 1.807) is 0 Å². The third-order valence-corrected chi connectivity index (χ3v) is 5.57. The van der Waals surface area contributed by atoms with Crippen molar-refractivity contribution < 1.29 is 21.5 Å². The third kappa shape index (κ3) is 4.55. The second kappa shape index (κ2) is 7.59. The van der Waals surface area contributed by atoms with E-state index in [9.17, 15) is 0 Å². The molecule has 0 atom stereocenters. The normalized spacial score (nSPS) is 11.4. The maximum absolute atomic E-state index is 4.58. The van der Waals surface area contributed by atoms with Gasteiger partial charge in [-0.2, -0.15) is 0 Å². The Morgan fingerprint density at radius 2 is 1.57 bits per heavy atom. The number of hydrogen-bond acceptors (Lipinski definition) is 2. The van der Waals surface area contributed by atoms with Crippen molar-refractivity contribution in [1.29, 1.82) is 0 Å². The van der Waals surface area contributed by atoms with Crippen molar-refractivity contribution in [2.24, 2.45) is 3.21 Å². The second-order valence-electron chi connectivity index (χ2n) is 5.61. The first kappa shape index (κ1) is 16.0. The molecule has 0 spiro atoms. The molecule has 3 heteroatoms. The summed E-state index contributed by atoms with van der Waals surface area (Å²) in [5, 5.41) is 5.97. The van der Waals surface area contributed by atoms with E-state index in [2.05, 4.69) is 83.0 Å². The van der Waals surface area contributed by atoms with Gasteiger partial charge < -0.3 is 0 Å². The van der Waals surface area contributed by atoms with E-state index in [4.69, 9.17) is 0 Å². The Morgan fingerprint density at radius 1 is 0.870 bits per heavy atom. The van der Waals surface area contributed by atoms with E-state index in [-0.39, 0.29) is 21.5 Å². The average Bonchev–Trinajstić information content (AvgIpc) is 2.56. The quantitative estimate of drug-likeness (QED) is 0.499. The fourth-order valence-electron chi connectivity index (χ4n) is 2.35. The fourth-order valence-corrected chi connectivity index (χ4v) is 3.75. The van der Waals surface area contributed by atoms with Crippen molar-refractivity contribution in [2.75, 3.05) is 11.9 Å². The molecular formula is C20H20IN2-. The van der Waals surface area contributed by atoms with Crippen LogP contribution in [0, 0.1) is 17.4 Å². The zero-order chi connectivity index (χ0) is 16.1. The summed E-state index contributed by atoms with van der Waals surface area (Å²) in [6, 6.07) is 21.7. The number of nitrogens with one attached hydrogen (secondary N) is 1. The van der Waals surface area contributed by atoms with Crippen LogP contribution in [0.4, 0.5) is 5.69 Å². The monoisotopic (exact) mass is 415 g/mol. The predicted octanol–water partition coefficient (Wildman–Crippen LogP) is 1.81. The molecule has 0 saturated carbocycles. The van der Waals surface area contributed by atoms with Gasteiger partial charge in [0.25, 0.3) is 0 Å². The molecule has 0 aliphatic carbocycles. The number of hydrogen-bond donors (Lipinski definition) is 1. The molecule has 1 N–H and O–H groups in total. The van der Waals surface area contributed by atoms with Gasteiger partial charge >= 0.3 is 148 Å². The van der Waals surface area contributed by atoms with Gasteiger partial charge in [0.1, 0.15) is 0 Å². The van der Waals surface area contributed by atoms with Gasteiger partial charge in [0.05, 0.1) is 0 Å². The molecule has 0 fully saturated rings. The van der Waals surface area contributed by atoms with Gasteiger partial charge in [-0.15, -0.1) is 0 Å². The van der Waals surface area contributed by atoms with Crippen LogP contribution >= 0.6 is 0 Å². The molecule has 0 unspecified atom stereocenters. The molecule has 0 aromatic heterocycles. The van der Waals surface area contributed by atoms with Gasteiger partial charge in [-0.3, -0.25) is 0 Å². The molecule has 3 aromatic rings. The van der Waals surface area contributed by atoms with Crippen LogP contribution in [-0.2, 0) is 0 Å². The number of nitrogens with zero attached hydrogens (tertiary/aromatic N) is 1. The molecule has 0 saturated heterocycles. The standard InChI is InChI=1S/C20H20IN2/c1-15-4-8-19(9-5-15)21-23-12-11-22-20-10-7-17-13-16(2)3-6-18(17)14-20/h3-10,12-14,22H,11H2,1-2H3/q-1. The number of halogens is 1. The Kier molecular flexibility index (Phi) is 5.28. The van der Waals surface area contributed by atoms with Crippen LogP contribution < -0.4 is 26.8 Å². The summed E-state index contributed by atoms with van der Waals surface area (Å²) in [6.45, 7) is 5.00. The van der Waals surface area contributed by atoms with Gasteiger partial charge in [-0.1, -0.05) is 0 Å². The number of aryl methyl sites for hydroxylation is 2. The van der Waals surface area contributed by atoms with Crippen LogP contribution in [0.25, 0.3) is 10.8 Å². The van der Waals surface area contributed by atoms with E-state index in [1.165, 1.54) is 25.5 Å². The van der Waals surface area contributed by atoms with Crippen molar-refractivity contribution in [3.63, 3.8) is 0 Å². The molecule has 0 heterocycles. The van der Waals surface area contributed by atoms with Crippen molar-refractivity contribution >= 4 is 22.7 Å². The van der Waals surface area contributed by atoms with E-state index < -0.39 is 0 Å². The molecule has 0 bridgehead atoms. The van der Waals surface area contributed by atoms with Gasteiger partial charge in [0.15, 0.2) is 0 Å². The van der Waals surface area contributed by atoms with Crippen LogP contribution in [0.15, 0.2) is 63.9 Å². The molecule has 0 aliphatic heterocycles. The first-order chi connectivity index (χ1) is 11.2. The maximum atomic E-state index is 4.58. The van der Waals surface area contributed by atoms with E-state index in [0.29, 0.717) is 0 Å². The first-order valence-electron chi connectivity index (χ1n) is 7.68. The zero-order valence-electron chi connectivity index (χ0n) is 13.4. The summed E-state index contributed by atoms with van der Waals surface area (Å²) in [5.41, 5.74) is 3.74. The minimum atomic E-state index is -0.272. The molecule has 3 aromatic carbocycles. The molecule has 2 nitrogen and oxygen atoms in total. The van der Waals surface area contributed by atoms with Crippen LogP contribution in [0.5, 0.6) is 0 Å². The summed E-state index contributed by atoms with van der Waals surface area (Å²) in [4.78, 5) is 0. The number of rotatable bonds is 5. The Morgan fingerprint density at radius 3 is 2.39 bits per heavy atom. The van der Waals surface area contributed by atoms with Gasteiger partial charge in [0.2, 0.25) is 0 Å². The molecular weight excluding hydrogens is 395 g/mol. The Bertz CT molecular complexity index is 823. The van der Waals surface area contributed by atoms with Crippen LogP contribution in [0.1, 0.15) is 11.1 Å². The molecule has 0 aliphatic rings. The molecule has 118 valence electrons. The topological polar surface area (TPSA) is 24.4 Å². The van der Waals surface area contributed by atoms with Crippen molar-refractivity contribution in [1.82, 2.24) is 0 Å². The Labute approximate surface area is 148 Å². The zero-order valence-corrected chi connectivity index (χ0v) is 15.5. The van der Waals surface area contributed by atoms with Crippen LogP contribution in [0.3, 0.4) is 0 Å². The Balaban J connectivity index is 1.55.